The Morgan fingerprint density at radius 1 is 1.42 bits per heavy atom. The molecule has 108 valence electrons. The number of methoxy groups -OCH3 is 1. The average molecular weight is 266 g/mol. The summed E-state index contributed by atoms with van der Waals surface area (Å²) < 4.78 is 5.26. The molecule has 1 rings (SSSR count). The number of rotatable bonds is 7. The van der Waals surface area contributed by atoms with Crippen molar-refractivity contribution < 1.29 is 9.84 Å². The van der Waals surface area contributed by atoms with E-state index < -0.39 is 5.60 Å². The zero-order valence-electron chi connectivity index (χ0n) is 12.4. The van der Waals surface area contributed by atoms with E-state index in [-0.39, 0.29) is 6.04 Å². The molecule has 0 saturated heterocycles. The Bertz CT molecular complexity index is 388. The van der Waals surface area contributed by atoms with Gasteiger partial charge in [0.15, 0.2) is 0 Å². The number of nitrogens with two attached hydrogens (primary N) is 1. The molecule has 0 radical (unpaired) electrons. The summed E-state index contributed by atoms with van der Waals surface area (Å²) in [5.41, 5.74) is 6.31. The van der Waals surface area contributed by atoms with Crippen LogP contribution in [0.3, 0.4) is 0 Å². The Morgan fingerprint density at radius 2 is 2.11 bits per heavy atom. The third-order valence-electron chi connectivity index (χ3n) is 3.14. The zero-order valence-corrected chi connectivity index (χ0v) is 12.4. The number of ether oxygens (including phenoxy) is 1. The van der Waals surface area contributed by atoms with E-state index in [1.165, 1.54) is 0 Å². The Balaban J connectivity index is 2.96. The quantitative estimate of drug-likeness (QED) is 0.790. The topological polar surface area (TPSA) is 58.7 Å². The van der Waals surface area contributed by atoms with Crippen molar-refractivity contribution in [1.29, 1.82) is 0 Å². The van der Waals surface area contributed by atoms with Gasteiger partial charge in [0.2, 0.25) is 0 Å². The highest BCUT2D eigenvalue weighted by molar-refractivity contribution is 5.30. The van der Waals surface area contributed by atoms with E-state index in [0.717, 1.165) is 17.9 Å². The fraction of sp³-hybridized carbons (Fsp3) is 0.600. The molecule has 19 heavy (non-hydrogen) atoms. The Kier molecular flexibility index (Phi) is 5.79. The van der Waals surface area contributed by atoms with E-state index in [2.05, 4.69) is 11.8 Å². The van der Waals surface area contributed by atoms with Crippen LogP contribution in [0.5, 0.6) is 5.75 Å². The molecule has 1 aromatic rings. The van der Waals surface area contributed by atoms with Crippen molar-refractivity contribution in [2.75, 3.05) is 26.7 Å². The van der Waals surface area contributed by atoms with Crippen LogP contribution in [0.15, 0.2) is 24.3 Å². The summed E-state index contributed by atoms with van der Waals surface area (Å²) in [6.45, 7) is 7.64. The van der Waals surface area contributed by atoms with Gasteiger partial charge in [0.25, 0.3) is 0 Å². The summed E-state index contributed by atoms with van der Waals surface area (Å²) >= 11 is 0. The largest absolute Gasteiger partial charge is 0.497 e. The highest BCUT2D eigenvalue weighted by atomic mass is 16.5. The lowest BCUT2D eigenvalue weighted by molar-refractivity contribution is 0.0234. The fourth-order valence-corrected chi connectivity index (χ4v) is 2.28. The molecule has 0 aliphatic carbocycles. The first-order valence-electron chi connectivity index (χ1n) is 6.71. The van der Waals surface area contributed by atoms with E-state index in [1.807, 2.05) is 38.1 Å². The van der Waals surface area contributed by atoms with Gasteiger partial charge in [-0.2, -0.15) is 0 Å². The highest BCUT2D eigenvalue weighted by Crippen LogP contribution is 2.24. The fourth-order valence-electron chi connectivity index (χ4n) is 2.28. The first kappa shape index (κ1) is 16.0. The molecular weight excluding hydrogens is 240 g/mol. The average Bonchev–Trinajstić information content (AvgIpc) is 2.37. The van der Waals surface area contributed by atoms with E-state index in [1.54, 1.807) is 7.11 Å². The first-order valence-corrected chi connectivity index (χ1v) is 6.71. The SMILES string of the molecule is CCN(CC(C)(C)O)C(CN)c1cccc(OC)c1. The van der Waals surface area contributed by atoms with Crippen molar-refractivity contribution in [1.82, 2.24) is 4.90 Å². The summed E-state index contributed by atoms with van der Waals surface area (Å²) in [4.78, 5) is 2.19. The molecule has 0 bridgehead atoms. The second-order valence-corrected chi connectivity index (χ2v) is 5.40. The Morgan fingerprint density at radius 3 is 2.58 bits per heavy atom. The second-order valence-electron chi connectivity index (χ2n) is 5.40. The third-order valence-corrected chi connectivity index (χ3v) is 3.14. The minimum absolute atomic E-state index is 0.0894. The third kappa shape index (κ3) is 4.82. The Labute approximate surface area is 116 Å². The van der Waals surface area contributed by atoms with E-state index in [0.29, 0.717) is 13.1 Å². The summed E-state index contributed by atoms with van der Waals surface area (Å²) in [5, 5.41) is 10.0. The maximum Gasteiger partial charge on any atom is 0.119 e. The number of hydrogen-bond acceptors (Lipinski definition) is 4. The maximum atomic E-state index is 10.0. The minimum Gasteiger partial charge on any atom is -0.497 e. The molecule has 0 aliphatic heterocycles. The van der Waals surface area contributed by atoms with Crippen molar-refractivity contribution in [2.24, 2.45) is 5.73 Å². The molecule has 0 heterocycles. The van der Waals surface area contributed by atoms with Crippen LogP contribution in [-0.4, -0.2) is 42.4 Å². The monoisotopic (exact) mass is 266 g/mol. The van der Waals surface area contributed by atoms with E-state index in [4.69, 9.17) is 10.5 Å². The standard InChI is InChI=1S/C15H26N2O2/c1-5-17(11-15(2,3)18)14(10-16)12-7-6-8-13(9-12)19-4/h6-9,14,18H,5,10-11,16H2,1-4H3. The maximum absolute atomic E-state index is 10.0. The van der Waals surface area contributed by atoms with Crippen molar-refractivity contribution in [2.45, 2.75) is 32.4 Å². The molecule has 0 fully saturated rings. The molecule has 0 spiro atoms. The number of hydrogen-bond donors (Lipinski definition) is 2. The van der Waals surface area contributed by atoms with Crippen molar-refractivity contribution in [3.8, 4) is 5.75 Å². The number of likely N-dealkylation sites (N-methyl/N-ethyl adjacent to an activating group) is 1. The number of aliphatic hydroxyl groups is 1. The molecule has 1 unspecified atom stereocenters. The molecule has 3 N–H and O–H groups in total. The molecule has 0 saturated carbocycles. The predicted molar refractivity (Wildman–Crippen MR) is 78.3 cm³/mol. The van der Waals surface area contributed by atoms with E-state index >= 15 is 0 Å². The van der Waals surface area contributed by atoms with Gasteiger partial charge in [-0.15, -0.1) is 0 Å². The second kappa shape index (κ2) is 6.89. The molecule has 1 atom stereocenters. The van der Waals surface area contributed by atoms with Gasteiger partial charge < -0.3 is 15.6 Å². The lowest BCUT2D eigenvalue weighted by Gasteiger charge is -2.34. The first-order chi connectivity index (χ1) is 8.91. The van der Waals surface area contributed by atoms with Gasteiger partial charge in [-0.1, -0.05) is 19.1 Å². The van der Waals surface area contributed by atoms with Crippen LogP contribution in [0.1, 0.15) is 32.4 Å². The molecule has 4 nitrogen and oxygen atoms in total. The van der Waals surface area contributed by atoms with Gasteiger partial charge in [0.1, 0.15) is 5.75 Å². The Hall–Kier alpha value is -1.10. The van der Waals surface area contributed by atoms with Gasteiger partial charge in [-0.25, -0.2) is 0 Å². The summed E-state index contributed by atoms with van der Waals surface area (Å²) in [5.74, 6) is 0.829. The van der Waals surface area contributed by atoms with Crippen LogP contribution in [0, 0.1) is 0 Å². The van der Waals surface area contributed by atoms with Crippen LogP contribution < -0.4 is 10.5 Å². The molecule has 4 heteroatoms. The molecule has 0 amide bonds. The lowest BCUT2D eigenvalue weighted by Crippen LogP contribution is -2.42. The minimum atomic E-state index is -0.734. The van der Waals surface area contributed by atoms with Crippen molar-refractivity contribution in [3.05, 3.63) is 29.8 Å². The van der Waals surface area contributed by atoms with Crippen molar-refractivity contribution >= 4 is 0 Å². The lowest BCUT2D eigenvalue weighted by atomic mass is 10.0. The molecule has 1 aromatic carbocycles. The van der Waals surface area contributed by atoms with Crippen LogP contribution in [0.25, 0.3) is 0 Å². The van der Waals surface area contributed by atoms with Crippen LogP contribution in [0.4, 0.5) is 0 Å². The van der Waals surface area contributed by atoms with Gasteiger partial charge in [0.05, 0.1) is 12.7 Å². The van der Waals surface area contributed by atoms with Crippen molar-refractivity contribution in [3.63, 3.8) is 0 Å². The van der Waals surface area contributed by atoms with Crippen LogP contribution in [0.2, 0.25) is 0 Å². The normalized spacial score (nSPS) is 13.6. The summed E-state index contributed by atoms with van der Waals surface area (Å²) in [6.07, 6.45) is 0. The highest BCUT2D eigenvalue weighted by Gasteiger charge is 2.24. The van der Waals surface area contributed by atoms with Gasteiger partial charge in [0, 0.05) is 19.1 Å². The number of nitrogens with zero attached hydrogens (tertiary/aromatic N) is 1. The molecular formula is C15H26N2O2. The predicted octanol–water partition coefficient (Wildman–Crippen LogP) is 1.79. The smallest absolute Gasteiger partial charge is 0.119 e. The van der Waals surface area contributed by atoms with Crippen LogP contribution >= 0.6 is 0 Å². The van der Waals surface area contributed by atoms with E-state index in [9.17, 15) is 5.11 Å². The van der Waals surface area contributed by atoms with Gasteiger partial charge >= 0.3 is 0 Å². The summed E-state index contributed by atoms with van der Waals surface area (Å²) in [7, 11) is 1.66. The molecule has 0 aliphatic rings. The van der Waals surface area contributed by atoms with Gasteiger partial charge in [-0.3, -0.25) is 4.90 Å². The zero-order chi connectivity index (χ0) is 14.5. The molecule has 0 aromatic heterocycles. The van der Waals surface area contributed by atoms with Crippen LogP contribution in [-0.2, 0) is 0 Å². The summed E-state index contributed by atoms with van der Waals surface area (Å²) in [6, 6.07) is 8.03. The number of benzene rings is 1. The van der Waals surface area contributed by atoms with Gasteiger partial charge in [-0.05, 0) is 38.1 Å².